The summed E-state index contributed by atoms with van der Waals surface area (Å²) in [4.78, 5) is 0. The largest absolute Gasteiger partial charge is 0.414 e. The first-order valence-electron chi connectivity index (χ1n) is 8.07. The number of hydrogen-bond donors (Lipinski definition) is 0. The van der Waals surface area contributed by atoms with Crippen LogP contribution in [0.2, 0.25) is 18.1 Å². The van der Waals surface area contributed by atoms with Crippen molar-refractivity contribution in [2.75, 3.05) is 6.61 Å². The average Bonchev–Trinajstić information content (AvgIpc) is 2.35. The number of hydrogen-bond acceptors (Lipinski definition) is 2. The Kier molecular flexibility index (Phi) is 5.28. The van der Waals surface area contributed by atoms with Crippen LogP contribution in [0, 0.1) is 5.92 Å². The van der Waals surface area contributed by atoms with Crippen molar-refractivity contribution >= 4 is 8.32 Å². The normalized spacial score (nSPS) is 22.9. The minimum absolute atomic E-state index is 0.307. The van der Waals surface area contributed by atoms with Crippen LogP contribution >= 0.6 is 0 Å². The first kappa shape index (κ1) is 16.7. The van der Waals surface area contributed by atoms with Crippen LogP contribution in [-0.2, 0) is 15.8 Å². The molecule has 3 heteroatoms. The highest BCUT2D eigenvalue weighted by atomic mass is 28.4. The summed E-state index contributed by atoms with van der Waals surface area (Å²) in [6.45, 7) is 13.2. The van der Waals surface area contributed by atoms with Gasteiger partial charge in [-0.1, -0.05) is 51.1 Å². The summed E-state index contributed by atoms with van der Waals surface area (Å²) in [7, 11) is -1.59. The van der Waals surface area contributed by atoms with Gasteiger partial charge >= 0.3 is 0 Å². The van der Waals surface area contributed by atoms with E-state index in [9.17, 15) is 0 Å². The summed E-state index contributed by atoms with van der Waals surface area (Å²) < 4.78 is 12.2. The summed E-state index contributed by atoms with van der Waals surface area (Å²) in [6, 6.07) is 10.4. The molecule has 2 rings (SSSR count). The van der Waals surface area contributed by atoms with Crippen LogP contribution in [0.15, 0.2) is 30.3 Å². The third-order valence-electron chi connectivity index (χ3n) is 4.93. The van der Waals surface area contributed by atoms with Crippen LogP contribution < -0.4 is 0 Å². The van der Waals surface area contributed by atoms with Crippen molar-refractivity contribution in [1.29, 1.82) is 0 Å². The van der Waals surface area contributed by atoms with Gasteiger partial charge in [0.25, 0.3) is 0 Å². The maximum Gasteiger partial charge on any atom is 0.192 e. The molecule has 1 aliphatic carbocycles. The molecule has 0 unspecified atom stereocenters. The van der Waals surface area contributed by atoms with Crippen LogP contribution in [-0.4, -0.2) is 21.0 Å². The number of rotatable bonds is 6. The van der Waals surface area contributed by atoms with Gasteiger partial charge in [-0.25, -0.2) is 0 Å². The van der Waals surface area contributed by atoms with E-state index in [1.165, 1.54) is 18.4 Å². The second-order valence-electron chi connectivity index (χ2n) is 7.84. The predicted molar refractivity (Wildman–Crippen MR) is 90.9 cm³/mol. The lowest BCUT2D eigenvalue weighted by atomic mass is 9.83. The van der Waals surface area contributed by atoms with Crippen molar-refractivity contribution in [3.63, 3.8) is 0 Å². The molecule has 0 aliphatic heterocycles. The van der Waals surface area contributed by atoms with E-state index in [4.69, 9.17) is 9.16 Å². The molecule has 0 N–H and O–H groups in total. The fourth-order valence-electron chi connectivity index (χ4n) is 2.42. The van der Waals surface area contributed by atoms with Gasteiger partial charge in [0, 0.05) is 6.10 Å². The summed E-state index contributed by atoms with van der Waals surface area (Å²) in [5.74, 6) is 0.684. The Morgan fingerprint density at radius 2 is 1.71 bits per heavy atom. The van der Waals surface area contributed by atoms with Gasteiger partial charge in [-0.15, -0.1) is 0 Å². The van der Waals surface area contributed by atoms with Crippen molar-refractivity contribution < 1.29 is 9.16 Å². The quantitative estimate of drug-likeness (QED) is 0.688. The van der Waals surface area contributed by atoms with Crippen molar-refractivity contribution in [3.8, 4) is 0 Å². The maximum absolute atomic E-state index is 6.42. The zero-order valence-corrected chi connectivity index (χ0v) is 15.2. The second kappa shape index (κ2) is 6.63. The molecule has 1 aliphatic rings. The Morgan fingerprint density at radius 3 is 2.29 bits per heavy atom. The van der Waals surface area contributed by atoms with E-state index >= 15 is 0 Å². The molecule has 2 nitrogen and oxygen atoms in total. The summed E-state index contributed by atoms with van der Waals surface area (Å²) in [5, 5.41) is 0.307. The first-order chi connectivity index (χ1) is 9.78. The minimum Gasteiger partial charge on any atom is -0.414 e. The van der Waals surface area contributed by atoms with Gasteiger partial charge < -0.3 is 9.16 Å². The van der Waals surface area contributed by atoms with E-state index in [1.807, 2.05) is 6.07 Å². The molecule has 0 spiro atoms. The third-order valence-corrected chi connectivity index (χ3v) is 9.46. The van der Waals surface area contributed by atoms with Crippen molar-refractivity contribution in [2.45, 2.75) is 64.5 Å². The van der Waals surface area contributed by atoms with Crippen molar-refractivity contribution in [1.82, 2.24) is 0 Å². The van der Waals surface area contributed by atoms with E-state index in [-0.39, 0.29) is 0 Å². The average molecular weight is 307 g/mol. The topological polar surface area (TPSA) is 18.5 Å². The van der Waals surface area contributed by atoms with E-state index < -0.39 is 8.32 Å². The second-order valence-corrected chi connectivity index (χ2v) is 12.6. The Hall–Kier alpha value is -0.643. The molecule has 0 aromatic heterocycles. The molecule has 0 saturated heterocycles. The molecule has 0 bridgehead atoms. The van der Waals surface area contributed by atoms with Gasteiger partial charge in [0.1, 0.15) is 0 Å². The summed E-state index contributed by atoms with van der Waals surface area (Å²) in [5.41, 5.74) is 1.26. The lowest BCUT2D eigenvalue weighted by molar-refractivity contribution is -0.00839. The standard InChI is InChI=1S/C18H30O2Si/c1-18(2,3)21(4,5)20-17-11-16(12-17)14-19-13-15-9-7-6-8-10-15/h6-10,16-17H,11-14H2,1-5H3/t16-,17+. The maximum atomic E-state index is 6.42. The molecule has 1 aromatic rings. The Labute approximate surface area is 131 Å². The van der Waals surface area contributed by atoms with Crippen LogP contribution in [0.25, 0.3) is 0 Å². The Bertz CT molecular complexity index is 430. The highest BCUT2D eigenvalue weighted by molar-refractivity contribution is 6.74. The van der Waals surface area contributed by atoms with Gasteiger partial charge in [0.2, 0.25) is 0 Å². The molecular formula is C18H30O2Si. The molecule has 0 radical (unpaired) electrons. The molecule has 0 heterocycles. The monoisotopic (exact) mass is 306 g/mol. The third kappa shape index (κ3) is 4.66. The SMILES string of the molecule is CC(C)(C)[Si](C)(C)O[C@H]1C[C@@H](COCc2ccccc2)C1. The molecular weight excluding hydrogens is 276 g/mol. The molecule has 1 aromatic carbocycles. The molecule has 118 valence electrons. The summed E-state index contributed by atoms with van der Waals surface area (Å²) in [6.07, 6.45) is 2.80. The molecule has 1 fully saturated rings. The van der Waals surface area contributed by atoms with Gasteiger partial charge in [-0.2, -0.15) is 0 Å². The molecule has 0 amide bonds. The van der Waals surface area contributed by atoms with Crippen molar-refractivity contribution in [2.24, 2.45) is 5.92 Å². The fraction of sp³-hybridized carbons (Fsp3) is 0.667. The predicted octanol–water partition coefficient (Wildman–Crippen LogP) is 5.00. The minimum atomic E-state index is -1.59. The Morgan fingerprint density at radius 1 is 1.10 bits per heavy atom. The van der Waals surface area contributed by atoms with E-state index in [1.54, 1.807) is 0 Å². The van der Waals surface area contributed by atoms with E-state index in [0.717, 1.165) is 13.2 Å². The zero-order chi connectivity index (χ0) is 15.5. The highest BCUT2D eigenvalue weighted by Gasteiger charge is 2.42. The Balaban J connectivity index is 1.64. The van der Waals surface area contributed by atoms with Crippen molar-refractivity contribution in [3.05, 3.63) is 35.9 Å². The van der Waals surface area contributed by atoms with E-state index in [2.05, 4.69) is 58.1 Å². The van der Waals surface area contributed by atoms with Gasteiger partial charge in [-0.05, 0) is 42.5 Å². The number of benzene rings is 1. The molecule has 0 atom stereocenters. The molecule has 21 heavy (non-hydrogen) atoms. The fourth-order valence-corrected chi connectivity index (χ4v) is 3.80. The van der Waals surface area contributed by atoms with Gasteiger partial charge in [0.15, 0.2) is 8.32 Å². The summed E-state index contributed by atoms with van der Waals surface area (Å²) >= 11 is 0. The zero-order valence-electron chi connectivity index (χ0n) is 14.2. The van der Waals surface area contributed by atoms with Gasteiger partial charge in [0.05, 0.1) is 13.2 Å². The van der Waals surface area contributed by atoms with E-state index in [0.29, 0.717) is 17.1 Å². The number of ether oxygens (including phenoxy) is 1. The van der Waals surface area contributed by atoms with Crippen LogP contribution in [0.5, 0.6) is 0 Å². The van der Waals surface area contributed by atoms with Crippen LogP contribution in [0.1, 0.15) is 39.2 Å². The lowest BCUT2D eigenvalue weighted by Gasteiger charge is -2.44. The lowest BCUT2D eigenvalue weighted by Crippen LogP contribution is -2.48. The first-order valence-corrected chi connectivity index (χ1v) is 11.0. The van der Waals surface area contributed by atoms with Crippen LogP contribution in [0.4, 0.5) is 0 Å². The smallest absolute Gasteiger partial charge is 0.192 e. The molecule has 1 saturated carbocycles. The van der Waals surface area contributed by atoms with Gasteiger partial charge in [-0.3, -0.25) is 0 Å². The highest BCUT2D eigenvalue weighted by Crippen LogP contribution is 2.41. The van der Waals surface area contributed by atoms with Crippen LogP contribution in [0.3, 0.4) is 0 Å².